The standard InChI is InChI=1S/C24H21N5OS/c1-14-7-6-8-16-11-18(29(24(30)20(14)16)17-9-4-3-5-10-17)15(2)28-23-21-19(31)12-25-22(21)26-13-27-23/h3-13,15,31H,1-2H3,(H2,25,26,27,28)/t15-/m0/s1. The molecule has 0 aliphatic rings. The molecule has 0 spiro atoms. The Morgan fingerprint density at radius 3 is 2.68 bits per heavy atom. The van der Waals surface area contributed by atoms with E-state index in [0.29, 0.717) is 11.5 Å². The largest absolute Gasteiger partial charge is 0.361 e. The zero-order chi connectivity index (χ0) is 21.5. The van der Waals surface area contributed by atoms with E-state index in [4.69, 9.17) is 0 Å². The molecule has 7 heteroatoms. The summed E-state index contributed by atoms with van der Waals surface area (Å²) in [6.45, 7) is 3.99. The van der Waals surface area contributed by atoms with Crippen LogP contribution in [0.3, 0.4) is 0 Å². The zero-order valence-corrected chi connectivity index (χ0v) is 18.0. The molecule has 0 bridgehead atoms. The van der Waals surface area contributed by atoms with Crippen molar-refractivity contribution in [1.82, 2.24) is 19.5 Å². The number of aryl methyl sites for hydroxylation is 1. The number of thiol groups is 1. The number of anilines is 1. The van der Waals surface area contributed by atoms with Crippen LogP contribution in [0.1, 0.15) is 24.2 Å². The summed E-state index contributed by atoms with van der Waals surface area (Å²) in [5, 5.41) is 5.94. The molecule has 0 saturated heterocycles. The maximum atomic E-state index is 13.6. The number of nitrogens with one attached hydrogen (secondary N) is 2. The van der Waals surface area contributed by atoms with Crippen LogP contribution in [0, 0.1) is 6.92 Å². The molecule has 0 radical (unpaired) electrons. The normalized spacial score (nSPS) is 12.4. The highest BCUT2D eigenvalue weighted by Gasteiger charge is 2.19. The summed E-state index contributed by atoms with van der Waals surface area (Å²) in [6.07, 6.45) is 3.30. The van der Waals surface area contributed by atoms with E-state index in [1.165, 1.54) is 6.33 Å². The van der Waals surface area contributed by atoms with Crippen LogP contribution in [0.4, 0.5) is 5.82 Å². The molecule has 31 heavy (non-hydrogen) atoms. The van der Waals surface area contributed by atoms with E-state index >= 15 is 0 Å². The first-order valence-corrected chi connectivity index (χ1v) is 10.5. The Kier molecular flexibility index (Phi) is 4.75. The lowest BCUT2D eigenvalue weighted by molar-refractivity contribution is 0.774. The van der Waals surface area contributed by atoms with Crippen molar-refractivity contribution < 1.29 is 0 Å². The smallest absolute Gasteiger partial charge is 0.263 e. The molecule has 3 aromatic heterocycles. The minimum atomic E-state index is -0.210. The highest BCUT2D eigenvalue weighted by atomic mass is 32.1. The molecule has 154 valence electrons. The molecule has 1 atom stereocenters. The minimum Gasteiger partial charge on any atom is -0.361 e. The zero-order valence-electron chi connectivity index (χ0n) is 17.1. The number of hydrogen-bond donors (Lipinski definition) is 3. The van der Waals surface area contributed by atoms with Crippen molar-refractivity contribution in [2.45, 2.75) is 24.8 Å². The number of aromatic nitrogens is 4. The second-order valence-corrected chi connectivity index (χ2v) is 8.05. The topological polar surface area (TPSA) is 75.6 Å². The number of H-pyrrole nitrogens is 1. The Labute approximate surface area is 184 Å². The van der Waals surface area contributed by atoms with Gasteiger partial charge < -0.3 is 10.3 Å². The van der Waals surface area contributed by atoms with Crippen LogP contribution in [0.2, 0.25) is 0 Å². The second-order valence-electron chi connectivity index (χ2n) is 7.57. The average molecular weight is 428 g/mol. The Balaban J connectivity index is 1.71. The molecule has 0 fully saturated rings. The summed E-state index contributed by atoms with van der Waals surface area (Å²) in [6, 6.07) is 17.5. The number of hydrogen-bond acceptors (Lipinski definition) is 5. The van der Waals surface area contributed by atoms with Crippen molar-refractivity contribution in [3.05, 3.63) is 88.7 Å². The third-order valence-electron chi connectivity index (χ3n) is 5.54. The van der Waals surface area contributed by atoms with Crippen molar-refractivity contribution in [2.75, 3.05) is 5.32 Å². The van der Waals surface area contributed by atoms with Crippen molar-refractivity contribution in [3.8, 4) is 5.69 Å². The Morgan fingerprint density at radius 1 is 1.06 bits per heavy atom. The molecule has 0 amide bonds. The van der Waals surface area contributed by atoms with Gasteiger partial charge in [-0.1, -0.05) is 36.4 Å². The Bertz CT molecular complexity index is 1470. The van der Waals surface area contributed by atoms with Crippen molar-refractivity contribution in [3.63, 3.8) is 0 Å². The minimum absolute atomic E-state index is 0.0326. The molecule has 6 nitrogen and oxygen atoms in total. The summed E-state index contributed by atoms with van der Waals surface area (Å²) >= 11 is 4.53. The fourth-order valence-corrected chi connectivity index (χ4v) is 4.33. The predicted octanol–water partition coefficient (Wildman–Crippen LogP) is 5.03. The summed E-state index contributed by atoms with van der Waals surface area (Å²) in [5.74, 6) is 0.667. The number of pyridine rings is 1. The molecule has 2 N–H and O–H groups in total. The maximum Gasteiger partial charge on any atom is 0.263 e. The van der Waals surface area contributed by atoms with E-state index in [2.05, 4.69) is 39.0 Å². The molecule has 5 aromatic rings. The van der Waals surface area contributed by atoms with Gasteiger partial charge in [-0.3, -0.25) is 9.36 Å². The van der Waals surface area contributed by atoms with Gasteiger partial charge in [-0.05, 0) is 43.0 Å². The van der Waals surface area contributed by atoms with E-state index in [-0.39, 0.29) is 11.6 Å². The van der Waals surface area contributed by atoms with Crippen molar-refractivity contribution in [1.29, 1.82) is 0 Å². The van der Waals surface area contributed by atoms with Gasteiger partial charge in [0.1, 0.15) is 17.8 Å². The SMILES string of the molecule is Cc1cccc2cc([C@H](C)Nc3ncnc4[nH]cc(S)c34)n(-c3ccccc3)c(=O)c12. The first-order chi connectivity index (χ1) is 15.0. The Morgan fingerprint density at radius 2 is 1.87 bits per heavy atom. The van der Waals surface area contributed by atoms with Gasteiger partial charge in [0.25, 0.3) is 5.56 Å². The Hall–Kier alpha value is -3.58. The molecule has 3 heterocycles. The maximum absolute atomic E-state index is 13.6. The van der Waals surface area contributed by atoms with Gasteiger partial charge >= 0.3 is 0 Å². The van der Waals surface area contributed by atoms with Gasteiger partial charge in [-0.15, -0.1) is 12.6 Å². The predicted molar refractivity (Wildman–Crippen MR) is 127 cm³/mol. The van der Waals surface area contributed by atoms with Gasteiger partial charge in [0.15, 0.2) is 0 Å². The molecule has 0 saturated carbocycles. The quantitative estimate of drug-likeness (QED) is 0.352. The van der Waals surface area contributed by atoms with Crippen LogP contribution in [-0.4, -0.2) is 19.5 Å². The third kappa shape index (κ3) is 3.27. The highest BCUT2D eigenvalue weighted by molar-refractivity contribution is 7.80. The molecular weight excluding hydrogens is 406 g/mol. The summed E-state index contributed by atoms with van der Waals surface area (Å²) < 4.78 is 1.78. The fraction of sp³-hybridized carbons (Fsp3) is 0.125. The lowest BCUT2D eigenvalue weighted by Gasteiger charge is -2.22. The molecular formula is C24H21N5OS. The van der Waals surface area contributed by atoms with Crippen LogP contribution < -0.4 is 10.9 Å². The fourth-order valence-electron chi connectivity index (χ4n) is 4.05. The molecule has 2 aromatic carbocycles. The number of nitrogens with zero attached hydrogens (tertiary/aromatic N) is 3. The number of fused-ring (bicyclic) bond motifs is 2. The van der Waals surface area contributed by atoms with Crippen LogP contribution in [0.5, 0.6) is 0 Å². The number of aromatic amines is 1. The third-order valence-corrected chi connectivity index (χ3v) is 5.90. The van der Waals surface area contributed by atoms with E-state index in [1.807, 2.05) is 62.4 Å². The molecule has 0 unspecified atom stereocenters. The molecule has 0 aliphatic carbocycles. The summed E-state index contributed by atoms with van der Waals surface area (Å²) in [5.41, 5.74) is 3.31. The first kappa shape index (κ1) is 19.4. The van der Waals surface area contributed by atoms with Gasteiger partial charge in [0.05, 0.1) is 16.8 Å². The van der Waals surface area contributed by atoms with Gasteiger partial charge in [-0.2, -0.15) is 0 Å². The van der Waals surface area contributed by atoms with E-state index < -0.39 is 0 Å². The van der Waals surface area contributed by atoms with Gasteiger partial charge in [0.2, 0.25) is 0 Å². The van der Waals surface area contributed by atoms with Gasteiger partial charge in [0, 0.05) is 22.5 Å². The lowest BCUT2D eigenvalue weighted by Crippen LogP contribution is -2.26. The van der Waals surface area contributed by atoms with E-state index in [1.54, 1.807) is 10.8 Å². The number of rotatable bonds is 4. The summed E-state index contributed by atoms with van der Waals surface area (Å²) in [7, 11) is 0. The summed E-state index contributed by atoms with van der Waals surface area (Å²) in [4.78, 5) is 26.2. The van der Waals surface area contributed by atoms with Crippen LogP contribution in [0.25, 0.3) is 27.5 Å². The van der Waals surface area contributed by atoms with Crippen molar-refractivity contribution >= 4 is 40.3 Å². The van der Waals surface area contributed by atoms with E-state index in [0.717, 1.165) is 38.0 Å². The monoisotopic (exact) mass is 427 g/mol. The van der Waals surface area contributed by atoms with Crippen LogP contribution in [-0.2, 0) is 0 Å². The lowest BCUT2D eigenvalue weighted by atomic mass is 10.0. The van der Waals surface area contributed by atoms with Crippen molar-refractivity contribution in [2.24, 2.45) is 0 Å². The highest BCUT2D eigenvalue weighted by Crippen LogP contribution is 2.30. The van der Waals surface area contributed by atoms with Gasteiger partial charge in [-0.25, -0.2) is 9.97 Å². The van der Waals surface area contributed by atoms with E-state index in [9.17, 15) is 4.79 Å². The first-order valence-electron chi connectivity index (χ1n) is 10.0. The number of benzene rings is 2. The van der Waals surface area contributed by atoms with Crippen LogP contribution >= 0.6 is 12.6 Å². The second kappa shape index (κ2) is 7.59. The molecule has 0 aliphatic heterocycles. The molecule has 5 rings (SSSR count). The number of para-hydroxylation sites is 1. The average Bonchev–Trinajstić information content (AvgIpc) is 3.16. The van der Waals surface area contributed by atoms with Crippen LogP contribution in [0.15, 0.2) is 76.8 Å².